The number of rotatable bonds is 9. The van der Waals surface area contributed by atoms with Crippen molar-refractivity contribution in [3.8, 4) is 5.75 Å². The van der Waals surface area contributed by atoms with Gasteiger partial charge in [-0.05, 0) is 50.4 Å². The summed E-state index contributed by atoms with van der Waals surface area (Å²) in [5.74, 6) is 0.962. The standard InChI is InChI=1S/C26H37N2O2P/c1-6-26(4,23-17-20(2)16-21(3)25(23)30-19-29-5)31-24-13-9-8-12-22(24)18-27-28-14-10-7-11-15-28/h8-9,12-13,16-18,31H,6-7,10-11,14-15,19H2,1-5H3/b27-18+. The summed E-state index contributed by atoms with van der Waals surface area (Å²) < 4.78 is 11.3. The molecule has 3 rings (SSSR count). The van der Waals surface area contributed by atoms with Crippen molar-refractivity contribution >= 4 is 20.1 Å². The van der Waals surface area contributed by atoms with Gasteiger partial charge in [-0.1, -0.05) is 64.4 Å². The van der Waals surface area contributed by atoms with Crippen LogP contribution in [-0.4, -0.2) is 38.2 Å². The maximum Gasteiger partial charge on any atom is 0.188 e. The number of piperidine rings is 1. The Balaban J connectivity index is 1.93. The van der Waals surface area contributed by atoms with Gasteiger partial charge in [-0.3, -0.25) is 5.01 Å². The maximum absolute atomic E-state index is 6.06. The van der Waals surface area contributed by atoms with Crippen LogP contribution in [0.2, 0.25) is 0 Å². The van der Waals surface area contributed by atoms with Crippen molar-refractivity contribution in [1.29, 1.82) is 0 Å². The van der Waals surface area contributed by atoms with E-state index in [1.807, 2.05) is 0 Å². The van der Waals surface area contributed by atoms with E-state index in [0.717, 1.165) is 30.8 Å². The normalized spacial score (nSPS) is 16.9. The zero-order chi connectivity index (χ0) is 22.3. The number of ether oxygens (including phenoxy) is 2. The topological polar surface area (TPSA) is 34.1 Å². The summed E-state index contributed by atoms with van der Waals surface area (Å²) in [6.07, 6.45) is 6.89. The first-order chi connectivity index (χ1) is 15.0. The molecule has 31 heavy (non-hydrogen) atoms. The van der Waals surface area contributed by atoms with Crippen LogP contribution >= 0.6 is 8.58 Å². The fourth-order valence-electron chi connectivity index (χ4n) is 4.18. The molecule has 0 bridgehead atoms. The lowest BCUT2D eigenvalue weighted by Gasteiger charge is -2.32. The second-order valence-electron chi connectivity index (χ2n) is 8.67. The van der Waals surface area contributed by atoms with E-state index in [1.54, 1.807) is 7.11 Å². The van der Waals surface area contributed by atoms with Gasteiger partial charge in [-0.25, -0.2) is 0 Å². The van der Waals surface area contributed by atoms with Gasteiger partial charge in [-0.2, -0.15) is 5.10 Å². The highest BCUT2D eigenvalue weighted by Crippen LogP contribution is 2.48. The van der Waals surface area contributed by atoms with Crippen LogP contribution in [0.25, 0.3) is 0 Å². The molecule has 2 unspecified atom stereocenters. The molecule has 5 heteroatoms. The third-order valence-corrected chi connectivity index (χ3v) is 8.00. The summed E-state index contributed by atoms with van der Waals surface area (Å²) in [7, 11) is 2.28. The van der Waals surface area contributed by atoms with Gasteiger partial charge in [0, 0.05) is 36.5 Å². The molecule has 2 aromatic carbocycles. The second kappa shape index (κ2) is 11.1. The summed E-state index contributed by atoms with van der Waals surface area (Å²) in [5, 5.41) is 8.33. The molecule has 168 valence electrons. The second-order valence-corrected chi connectivity index (χ2v) is 10.6. The molecular weight excluding hydrogens is 403 g/mol. The van der Waals surface area contributed by atoms with E-state index in [9.17, 15) is 0 Å². The number of nitrogens with zero attached hydrogens (tertiary/aromatic N) is 2. The van der Waals surface area contributed by atoms with E-state index >= 15 is 0 Å². The average Bonchev–Trinajstić information content (AvgIpc) is 2.78. The molecule has 2 aromatic rings. The fourth-order valence-corrected chi connectivity index (χ4v) is 5.74. The van der Waals surface area contributed by atoms with Crippen LogP contribution in [0.1, 0.15) is 61.8 Å². The molecular formula is C26H37N2O2P. The molecule has 0 saturated carbocycles. The van der Waals surface area contributed by atoms with Gasteiger partial charge < -0.3 is 9.47 Å². The van der Waals surface area contributed by atoms with Crippen molar-refractivity contribution in [3.05, 3.63) is 58.7 Å². The Labute approximate surface area is 189 Å². The average molecular weight is 441 g/mol. The van der Waals surface area contributed by atoms with Gasteiger partial charge in [0.25, 0.3) is 0 Å². The number of hydrogen-bond donors (Lipinski definition) is 0. The molecule has 1 fully saturated rings. The van der Waals surface area contributed by atoms with Crippen LogP contribution in [-0.2, 0) is 9.89 Å². The monoisotopic (exact) mass is 440 g/mol. The smallest absolute Gasteiger partial charge is 0.188 e. The minimum absolute atomic E-state index is 0.0328. The summed E-state index contributed by atoms with van der Waals surface area (Å²) in [4.78, 5) is 0. The minimum atomic E-state index is -0.0328. The molecule has 0 N–H and O–H groups in total. The van der Waals surface area contributed by atoms with Crippen LogP contribution < -0.4 is 10.0 Å². The Morgan fingerprint density at radius 1 is 1.13 bits per heavy atom. The van der Waals surface area contributed by atoms with E-state index in [-0.39, 0.29) is 11.9 Å². The van der Waals surface area contributed by atoms with Gasteiger partial charge in [-0.15, -0.1) is 0 Å². The van der Waals surface area contributed by atoms with Crippen molar-refractivity contribution in [3.63, 3.8) is 0 Å². The third-order valence-electron chi connectivity index (χ3n) is 6.11. The molecule has 4 nitrogen and oxygen atoms in total. The first kappa shape index (κ1) is 23.8. The highest BCUT2D eigenvalue weighted by molar-refractivity contribution is 7.48. The van der Waals surface area contributed by atoms with Gasteiger partial charge in [0.05, 0.1) is 6.21 Å². The fraction of sp³-hybridized carbons (Fsp3) is 0.500. The number of methoxy groups -OCH3 is 1. The Hall–Kier alpha value is -1.90. The quantitative estimate of drug-likeness (QED) is 0.283. The predicted octanol–water partition coefficient (Wildman–Crippen LogP) is 5.74. The molecule has 1 aliphatic rings. The molecule has 1 saturated heterocycles. The summed E-state index contributed by atoms with van der Waals surface area (Å²) >= 11 is 0. The predicted molar refractivity (Wildman–Crippen MR) is 133 cm³/mol. The van der Waals surface area contributed by atoms with Crippen molar-refractivity contribution < 1.29 is 9.47 Å². The molecule has 0 aromatic heterocycles. The molecule has 1 aliphatic heterocycles. The number of aryl methyl sites for hydroxylation is 2. The first-order valence-corrected chi connectivity index (χ1v) is 12.4. The van der Waals surface area contributed by atoms with Crippen LogP contribution in [0.4, 0.5) is 0 Å². The van der Waals surface area contributed by atoms with Gasteiger partial charge in [0.15, 0.2) is 6.79 Å². The van der Waals surface area contributed by atoms with Crippen molar-refractivity contribution in [2.45, 2.75) is 58.5 Å². The summed E-state index contributed by atoms with van der Waals surface area (Å²) in [6, 6.07) is 13.2. The van der Waals surface area contributed by atoms with Gasteiger partial charge >= 0.3 is 0 Å². The Bertz CT molecular complexity index is 893. The van der Waals surface area contributed by atoms with Gasteiger partial charge in [0.2, 0.25) is 0 Å². The van der Waals surface area contributed by atoms with E-state index in [4.69, 9.17) is 14.6 Å². The lowest BCUT2D eigenvalue weighted by Crippen LogP contribution is -2.25. The van der Waals surface area contributed by atoms with E-state index in [2.05, 4.69) is 75.3 Å². The zero-order valence-corrected chi connectivity index (χ0v) is 20.7. The molecule has 0 aliphatic carbocycles. The van der Waals surface area contributed by atoms with E-state index < -0.39 is 0 Å². The lowest BCUT2D eigenvalue weighted by atomic mass is 9.92. The first-order valence-electron chi connectivity index (χ1n) is 11.4. The van der Waals surface area contributed by atoms with Crippen LogP contribution in [0.3, 0.4) is 0 Å². The summed E-state index contributed by atoms with van der Waals surface area (Å²) in [6.45, 7) is 11.3. The van der Waals surface area contributed by atoms with Crippen LogP contribution in [0, 0.1) is 13.8 Å². The summed E-state index contributed by atoms with van der Waals surface area (Å²) in [5.41, 5.74) is 4.92. The Morgan fingerprint density at radius 2 is 1.87 bits per heavy atom. The van der Waals surface area contributed by atoms with Crippen LogP contribution in [0.5, 0.6) is 5.75 Å². The lowest BCUT2D eigenvalue weighted by molar-refractivity contribution is 0.0495. The van der Waals surface area contributed by atoms with Gasteiger partial charge in [0.1, 0.15) is 5.75 Å². The van der Waals surface area contributed by atoms with Crippen molar-refractivity contribution in [2.75, 3.05) is 27.0 Å². The molecule has 0 amide bonds. The Morgan fingerprint density at radius 3 is 2.58 bits per heavy atom. The number of hydrazone groups is 1. The Kier molecular flexibility index (Phi) is 8.51. The number of benzene rings is 2. The minimum Gasteiger partial charge on any atom is -0.467 e. The zero-order valence-electron chi connectivity index (χ0n) is 19.7. The molecule has 0 spiro atoms. The highest BCUT2D eigenvalue weighted by Gasteiger charge is 2.30. The van der Waals surface area contributed by atoms with Crippen molar-refractivity contribution in [2.24, 2.45) is 5.10 Å². The largest absolute Gasteiger partial charge is 0.467 e. The highest BCUT2D eigenvalue weighted by atomic mass is 31.1. The molecule has 0 radical (unpaired) electrons. The third kappa shape index (κ3) is 6.08. The van der Waals surface area contributed by atoms with E-state index in [0.29, 0.717) is 8.58 Å². The molecule has 2 atom stereocenters. The number of hydrogen-bond acceptors (Lipinski definition) is 4. The van der Waals surface area contributed by atoms with Crippen molar-refractivity contribution in [1.82, 2.24) is 5.01 Å². The molecule has 1 heterocycles. The van der Waals surface area contributed by atoms with E-state index in [1.165, 1.54) is 41.3 Å². The SMILES string of the molecule is CCC(C)(Pc1ccccc1/C=N/N1CCCCC1)c1cc(C)cc(C)c1OCOC. The maximum atomic E-state index is 6.06. The van der Waals surface area contributed by atoms with Crippen LogP contribution in [0.15, 0.2) is 41.5 Å².